The van der Waals surface area contributed by atoms with Gasteiger partial charge in [-0.1, -0.05) is 18.2 Å². The van der Waals surface area contributed by atoms with Crippen LogP contribution in [-0.2, 0) is 0 Å². The molecule has 1 saturated carbocycles. The number of thiophene rings is 1. The number of aromatic nitrogens is 1. The molecular weight excluding hydrogens is 344 g/mol. The molecule has 0 aliphatic heterocycles. The third-order valence-electron chi connectivity index (χ3n) is 4.03. The zero-order valence-corrected chi connectivity index (χ0v) is 13.8. The van der Waals surface area contributed by atoms with E-state index in [0.717, 1.165) is 15.4 Å². The van der Waals surface area contributed by atoms with E-state index >= 15 is 0 Å². The maximum absolute atomic E-state index is 6.31. The van der Waals surface area contributed by atoms with Crippen LogP contribution in [0.2, 0.25) is 0 Å². The number of hydrogen-bond donors (Lipinski definition) is 1. The second kappa shape index (κ2) is 5.20. The van der Waals surface area contributed by atoms with Crippen molar-refractivity contribution in [3.63, 3.8) is 0 Å². The van der Waals surface area contributed by atoms with E-state index in [0.29, 0.717) is 5.92 Å². The van der Waals surface area contributed by atoms with E-state index in [-0.39, 0.29) is 6.04 Å². The van der Waals surface area contributed by atoms with Crippen molar-refractivity contribution in [3.05, 3.63) is 51.9 Å². The van der Waals surface area contributed by atoms with Gasteiger partial charge in [0.2, 0.25) is 0 Å². The Bertz CT molecular complexity index is 807. The molecule has 1 aliphatic rings. The van der Waals surface area contributed by atoms with Crippen molar-refractivity contribution in [2.75, 3.05) is 0 Å². The van der Waals surface area contributed by atoms with Gasteiger partial charge in [-0.3, -0.25) is 4.98 Å². The van der Waals surface area contributed by atoms with E-state index in [4.69, 9.17) is 5.73 Å². The molecule has 4 rings (SSSR count). The Morgan fingerprint density at radius 3 is 2.90 bits per heavy atom. The molecule has 0 amide bonds. The van der Waals surface area contributed by atoms with Gasteiger partial charge < -0.3 is 5.73 Å². The Hall–Kier alpha value is -1.23. The van der Waals surface area contributed by atoms with Crippen LogP contribution in [0, 0.1) is 5.92 Å². The Morgan fingerprint density at radius 2 is 2.10 bits per heavy atom. The molecule has 1 aliphatic carbocycles. The lowest BCUT2D eigenvalue weighted by atomic mass is 10.1. The summed E-state index contributed by atoms with van der Waals surface area (Å²) in [6.07, 6.45) is 4.41. The Kier molecular flexibility index (Phi) is 3.32. The molecular formula is C17H15BrN2S. The first kappa shape index (κ1) is 13.4. The van der Waals surface area contributed by atoms with Crippen LogP contribution in [0.1, 0.15) is 23.8 Å². The lowest BCUT2D eigenvalue weighted by molar-refractivity contribution is 0.645. The van der Waals surface area contributed by atoms with E-state index in [1.54, 1.807) is 11.3 Å². The van der Waals surface area contributed by atoms with Crippen molar-refractivity contribution in [2.45, 2.75) is 18.9 Å². The molecule has 3 aromatic rings. The second-order valence-electron chi connectivity index (χ2n) is 5.60. The molecule has 2 aromatic heterocycles. The Morgan fingerprint density at radius 1 is 1.24 bits per heavy atom. The maximum Gasteiger partial charge on any atom is 0.0789 e. The summed E-state index contributed by atoms with van der Waals surface area (Å²) in [5.74, 6) is 0.693. The average Bonchev–Trinajstić information content (AvgIpc) is 3.23. The van der Waals surface area contributed by atoms with Crippen LogP contribution in [0.25, 0.3) is 21.3 Å². The predicted molar refractivity (Wildman–Crippen MR) is 92.4 cm³/mol. The summed E-state index contributed by atoms with van der Waals surface area (Å²) in [6.45, 7) is 0. The van der Waals surface area contributed by atoms with Gasteiger partial charge in [-0.05, 0) is 52.9 Å². The lowest BCUT2D eigenvalue weighted by Crippen LogP contribution is -2.10. The normalized spacial score (nSPS) is 16.3. The van der Waals surface area contributed by atoms with Crippen LogP contribution in [0.15, 0.2) is 47.1 Å². The molecule has 2 N–H and O–H groups in total. The fraction of sp³-hybridized carbons (Fsp3) is 0.235. The fourth-order valence-corrected chi connectivity index (χ4v) is 4.18. The number of benzene rings is 1. The summed E-state index contributed by atoms with van der Waals surface area (Å²) in [4.78, 5) is 7.13. The van der Waals surface area contributed by atoms with Gasteiger partial charge in [0.15, 0.2) is 0 Å². The largest absolute Gasteiger partial charge is 0.323 e. The SMILES string of the molecule is NC(c1ccc(-c2cccc3cc(Br)cnc23)s1)C1CC1. The van der Waals surface area contributed by atoms with Gasteiger partial charge in [-0.25, -0.2) is 0 Å². The molecule has 0 spiro atoms. The zero-order valence-electron chi connectivity index (χ0n) is 11.4. The molecule has 0 saturated heterocycles. The molecule has 1 fully saturated rings. The summed E-state index contributed by atoms with van der Waals surface area (Å²) >= 11 is 5.29. The first-order chi connectivity index (χ1) is 10.2. The van der Waals surface area contributed by atoms with E-state index < -0.39 is 0 Å². The summed E-state index contributed by atoms with van der Waals surface area (Å²) in [7, 11) is 0. The Labute approximate surface area is 136 Å². The van der Waals surface area contributed by atoms with Crippen LogP contribution in [0.3, 0.4) is 0 Å². The first-order valence-electron chi connectivity index (χ1n) is 7.12. The summed E-state index contributed by atoms with van der Waals surface area (Å²) in [6, 6.07) is 13.0. The Balaban J connectivity index is 1.79. The second-order valence-corrected chi connectivity index (χ2v) is 7.63. The lowest BCUT2D eigenvalue weighted by Gasteiger charge is -2.07. The minimum Gasteiger partial charge on any atom is -0.323 e. The standard InChI is InChI=1S/C17H15BrN2S/c18-12-8-11-2-1-3-13(17(11)20-9-12)14-6-7-15(21-14)16(19)10-4-5-10/h1-3,6-10,16H,4-5,19H2. The van der Waals surface area contributed by atoms with Gasteiger partial charge in [0.25, 0.3) is 0 Å². The highest BCUT2D eigenvalue weighted by molar-refractivity contribution is 9.10. The van der Waals surface area contributed by atoms with Crippen molar-refractivity contribution >= 4 is 38.2 Å². The van der Waals surface area contributed by atoms with E-state index in [9.17, 15) is 0 Å². The molecule has 21 heavy (non-hydrogen) atoms. The number of fused-ring (bicyclic) bond motifs is 1. The predicted octanol–water partition coefficient (Wildman–Crippen LogP) is 5.14. The van der Waals surface area contributed by atoms with E-state index in [2.05, 4.69) is 57.3 Å². The van der Waals surface area contributed by atoms with Crippen molar-refractivity contribution in [3.8, 4) is 10.4 Å². The smallest absolute Gasteiger partial charge is 0.0789 e. The first-order valence-corrected chi connectivity index (χ1v) is 8.73. The molecule has 2 nitrogen and oxygen atoms in total. The maximum atomic E-state index is 6.31. The topological polar surface area (TPSA) is 38.9 Å². The third-order valence-corrected chi connectivity index (χ3v) is 5.68. The van der Waals surface area contributed by atoms with Crippen molar-refractivity contribution in [2.24, 2.45) is 11.7 Å². The molecule has 106 valence electrons. The van der Waals surface area contributed by atoms with Crippen molar-refractivity contribution in [1.82, 2.24) is 4.98 Å². The number of pyridine rings is 1. The number of para-hydroxylation sites is 1. The van der Waals surface area contributed by atoms with Crippen LogP contribution >= 0.6 is 27.3 Å². The van der Waals surface area contributed by atoms with Crippen molar-refractivity contribution < 1.29 is 0 Å². The monoisotopic (exact) mass is 358 g/mol. The highest BCUT2D eigenvalue weighted by Crippen LogP contribution is 2.43. The summed E-state index contributed by atoms with van der Waals surface area (Å²) < 4.78 is 1.01. The summed E-state index contributed by atoms with van der Waals surface area (Å²) in [5, 5.41) is 1.16. The fourth-order valence-electron chi connectivity index (χ4n) is 2.70. The minimum absolute atomic E-state index is 0.209. The van der Waals surface area contributed by atoms with Gasteiger partial charge in [-0.2, -0.15) is 0 Å². The zero-order chi connectivity index (χ0) is 14.4. The molecule has 0 bridgehead atoms. The molecule has 2 heterocycles. The average molecular weight is 359 g/mol. The minimum atomic E-state index is 0.209. The van der Waals surface area contributed by atoms with Crippen LogP contribution in [0.4, 0.5) is 0 Å². The third kappa shape index (κ3) is 2.52. The molecule has 1 atom stereocenters. The van der Waals surface area contributed by atoms with Crippen LogP contribution < -0.4 is 5.73 Å². The van der Waals surface area contributed by atoms with Crippen LogP contribution in [-0.4, -0.2) is 4.98 Å². The number of hydrogen-bond acceptors (Lipinski definition) is 3. The molecule has 1 unspecified atom stereocenters. The van der Waals surface area contributed by atoms with Gasteiger partial charge >= 0.3 is 0 Å². The molecule has 0 radical (unpaired) electrons. The van der Waals surface area contributed by atoms with Gasteiger partial charge in [0.1, 0.15) is 0 Å². The van der Waals surface area contributed by atoms with E-state index in [1.165, 1.54) is 28.2 Å². The quantitative estimate of drug-likeness (QED) is 0.704. The highest BCUT2D eigenvalue weighted by Gasteiger charge is 2.30. The van der Waals surface area contributed by atoms with Gasteiger partial charge in [-0.15, -0.1) is 11.3 Å². The number of nitrogens with two attached hydrogens (primary N) is 1. The molecule has 4 heteroatoms. The van der Waals surface area contributed by atoms with Crippen LogP contribution in [0.5, 0.6) is 0 Å². The molecule has 1 aromatic carbocycles. The number of rotatable bonds is 3. The number of halogens is 1. The van der Waals surface area contributed by atoms with Gasteiger partial charge in [0, 0.05) is 37.4 Å². The number of nitrogens with zero attached hydrogens (tertiary/aromatic N) is 1. The van der Waals surface area contributed by atoms with Crippen molar-refractivity contribution in [1.29, 1.82) is 0 Å². The summed E-state index contributed by atoms with van der Waals surface area (Å²) in [5.41, 5.74) is 8.56. The highest BCUT2D eigenvalue weighted by atomic mass is 79.9. The van der Waals surface area contributed by atoms with Gasteiger partial charge in [0.05, 0.1) is 5.52 Å². The van der Waals surface area contributed by atoms with E-state index in [1.807, 2.05) is 6.20 Å².